The maximum Gasteiger partial charge on any atom is 0.365 e. The number of carboxylic acid groups (broad SMARTS) is 2. The minimum Gasteiger partial charge on any atom is -0.481 e. The van der Waals surface area contributed by atoms with Gasteiger partial charge in [0.25, 0.3) is 5.79 Å². The number of hydrogen-bond acceptors (Lipinski definition) is 4. The summed E-state index contributed by atoms with van der Waals surface area (Å²) in [5.74, 6) is -1.52. The molecule has 0 aliphatic carbocycles. The first kappa shape index (κ1) is 38.9. The molecule has 6 heteroatoms. The molecule has 238 valence electrons. The Morgan fingerprint density at radius 2 is 0.850 bits per heavy atom. The molecule has 0 saturated carbocycles. The molecule has 6 unspecified atom stereocenters. The molecule has 0 bridgehead atoms. The van der Waals surface area contributed by atoms with Gasteiger partial charge in [0.2, 0.25) is 0 Å². The van der Waals surface area contributed by atoms with Crippen molar-refractivity contribution in [1.82, 2.24) is 0 Å². The number of ether oxygens (including phenoxy) is 2. The Kier molecular flexibility index (Phi) is 21.8. The van der Waals surface area contributed by atoms with Gasteiger partial charge in [-0.3, -0.25) is 4.79 Å². The Morgan fingerprint density at radius 3 is 1.12 bits per heavy atom. The van der Waals surface area contributed by atoms with Crippen LogP contribution in [0.2, 0.25) is 0 Å². The molecular formula is C34H66O6. The minimum atomic E-state index is -2.14. The fourth-order valence-corrected chi connectivity index (χ4v) is 5.22. The number of hydrogen-bond donors (Lipinski definition) is 2. The van der Waals surface area contributed by atoms with Crippen molar-refractivity contribution >= 4 is 11.9 Å². The van der Waals surface area contributed by atoms with Crippen molar-refractivity contribution < 1.29 is 29.3 Å². The van der Waals surface area contributed by atoms with Crippen LogP contribution in [0.1, 0.15) is 152 Å². The topological polar surface area (TPSA) is 93.1 Å². The largest absolute Gasteiger partial charge is 0.481 e. The zero-order valence-corrected chi connectivity index (χ0v) is 27.5. The second kappa shape index (κ2) is 22.5. The minimum absolute atomic E-state index is 0.127. The van der Waals surface area contributed by atoms with Gasteiger partial charge >= 0.3 is 11.9 Å². The van der Waals surface area contributed by atoms with Crippen LogP contribution in [0.15, 0.2) is 0 Å². The normalized spacial score (nSPS) is 17.9. The van der Waals surface area contributed by atoms with Gasteiger partial charge in [0, 0.05) is 0 Å². The maximum atomic E-state index is 12.2. The van der Waals surface area contributed by atoms with Gasteiger partial charge in [-0.2, -0.15) is 0 Å². The molecule has 0 amide bonds. The lowest BCUT2D eigenvalue weighted by Crippen LogP contribution is -2.48. The molecule has 0 fully saturated rings. The van der Waals surface area contributed by atoms with Crippen LogP contribution in [-0.4, -0.2) is 41.2 Å². The summed E-state index contributed by atoms with van der Waals surface area (Å²) in [6, 6.07) is 0. The fourth-order valence-electron chi connectivity index (χ4n) is 5.22. The van der Waals surface area contributed by atoms with Crippen molar-refractivity contribution in [3.63, 3.8) is 0 Å². The first-order chi connectivity index (χ1) is 18.8. The second-order valence-electron chi connectivity index (χ2n) is 13.4. The van der Waals surface area contributed by atoms with E-state index in [0.717, 1.165) is 50.4 Å². The van der Waals surface area contributed by atoms with Crippen LogP contribution >= 0.6 is 0 Å². The molecule has 0 radical (unpaired) electrons. The summed E-state index contributed by atoms with van der Waals surface area (Å²) >= 11 is 0. The zero-order valence-electron chi connectivity index (χ0n) is 27.5. The van der Waals surface area contributed by atoms with Gasteiger partial charge in [0.05, 0.1) is 13.2 Å². The molecular weight excluding hydrogens is 504 g/mol. The van der Waals surface area contributed by atoms with E-state index in [9.17, 15) is 19.8 Å². The number of rotatable bonds is 27. The van der Waals surface area contributed by atoms with Crippen LogP contribution in [0.3, 0.4) is 0 Å². The number of carboxylic acids is 2. The monoisotopic (exact) mass is 570 g/mol. The third kappa shape index (κ3) is 19.1. The quantitative estimate of drug-likeness (QED) is 0.0955. The highest BCUT2D eigenvalue weighted by atomic mass is 16.7. The van der Waals surface area contributed by atoms with Crippen molar-refractivity contribution in [2.75, 3.05) is 13.2 Å². The summed E-state index contributed by atoms with van der Waals surface area (Å²) in [6.07, 6.45) is 15.7. The highest BCUT2D eigenvalue weighted by molar-refractivity contribution is 5.82. The molecule has 0 rings (SSSR count). The molecule has 0 aliphatic heterocycles. The van der Waals surface area contributed by atoms with Gasteiger partial charge in [0.1, 0.15) is 6.42 Å². The van der Waals surface area contributed by atoms with Crippen LogP contribution < -0.4 is 0 Å². The first-order valence-corrected chi connectivity index (χ1v) is 16.6. The Hall–Kier alpha value is -1.14. The standard InChI is InChI=1S/C34H66O6/c1-9-26(3)15-11-17-28(5)19-13-21-30(7)24-39-34(33(37)38,23-32(35)36)40-25-31(8)22-14-20-29(6)18-12-16-27(4)10-2/h26-31H,9-25H2,1-8H3,(H,35,36)(H,37,38). The van der Waals surface area contributed by atoms with Crippen molar-refractivity contribution in [1.29, 1.82) is 0 Å². The molecule has 6 atom stereocenters. The van der Waals surface area contributed by atoms with Crippen molar-refractivity contribution in [3.8, 4) is 0 Å². The average Bonchev–Trinajstić information content (AvgIpc) is 2.89. The van der Waals surface area contributed by atoms with Crippen LogP contribution in [0.25, 0.3) is 0 Å². The highest BCUT2D eigenvalue weighted by Crippen LogP contribution is 2.26. The van der Waals surface area contributed by atoms with Gasteiger partial charge in [-0.15, -0.1) is 0 Å². The predicted molar refractivity (Wildman–Crippen MR) is 165 cm³/mol. The van der Waals surface area contributed by atoms with E-state index < -0.39 is 24.1 Å². The molecule has 40 heavy (non-hydrogen) atoms. The Morgan fingerprint density at radius 1 is 0.550 bits per heavy atom. The Bertz CT molecular complexity index is 612. The second-order valence-corrected chi connectivity index (χ2v) is 13.4. The van der Waals surface area contributed by atoms with E-state index in [2.05, 4.69) is 41.5 Å². The molecule has 0 aromatic carbocycles. The van der Waals surface area contributed by atoms with Crippen LogP contribution in [0.4, 0.5) is 0 Å². The molecule has 2 N–H and O–H groups in total. The van der Waals surface area contributed by atoms with E-state index in [1.165, 1.54) is 51.4 Å². The van der Waals surface area contributed by atoms with Crippen molar-refractivity contribution in [2.24, 2.45) is 35.5 Å². The predicted octanol–water partition coefficient (Wildman–Crippen LogP) is 9.59. The smallest absolute Gasteiger partial charge is 0.365 e. The lowest BCUT2D eigenvalue weighted by Gasteiger charge is -2.30. The van der Waals surface area contributed by atoms with E-state index in [1.807, 2.05) is 13.8 Å². The number of aliphatic carboxylic acids is 2. The average molecular weight is 571 g/mol. The van der Waals surface area contributed by atoms with Crippen molar-refractivity contribution in [2.45, 2.75) is 157 Å². The fraction of sp³-hybridized carbons (Fsp3) is 0.941. The summed E-state index contributed by atoms with van der Waals surface area (Å²) in [5.41, 5.74) is 0. The maximum absolute atomic E-state index is 12.2. The molecule has 0 saturated heterocycles. The van der Waals surface area contributed by atoms with E-state index in [1.54, 1.807) is 0 Å². The first-order valence-electron chi connectivity index (χ1n) is 16.6. The van der Waals surface area contributed by atoms with Crippen LogP contribution in [0, 0.1) is 35.5 Å². The lowest BCUT2D eigenvalue weighted by atomic mass is 9.92. The van der Waals surface area contributed by atoms with E-state index in [0.29, 0.717) is 11.8 Å². The number of carbonyl (C=O) groups is 2. The summed E-state index contributed by atoms with van der Waals surface area (Å²) < 4.78 is 11.6. The van der Waals surface area contributed by atoms with Gasteiger partial charge < -0.3 is 19.7 Å². The van der Waals surface area contributed by atoms with Gasteiger partial charge in [0.15, 0.2) is 0 Å². The summed E-state index contributed by atoms with van der Waals surface area (Å²) in [4.78, 5) is 23.8. The molecule has 6 nitrogen and oxygen atoms in total. The van der Waals surface area contributed by atoms with Gasteiger partial charge in [-0.05, 0) is 48.3 Å². The van der Waals surface area contributed by atoms with E-state index >= 15 is 0 Å². The SMILES string of the molecule is CCC(C)CCCC(C)CCCC(C)COC(CC(=O)O)(OCC(C)CCCC(C)CCCC(C)CC)C(=O)O. The van der Waals surface area contributed by atoms with E-state index in [4.69, 9.17) is 9.47 Å². The van der Waals surface area contributed by atoms with E-state index in [-0.39, 0.29) is 25.0 Å². The molecule has 0 aliphatic rings. The third-order valence-corrected chi connectivity index (χ3v) is 8.88. The van der Waals surface area contributed by atoms with Crippen LogP contribution in [-0.2, 0) is 19.1 Å². The summed E-state index contributed by atoms with van der Waals surface area (Å²) in [7, 11) is 0. The lowest BCUT2D eigenvalue weighted by molar-refractivity contribution is -0.254. The molecule has 0 aromatic heterocycles. The zero-order chi connectivity index (χ0) is 30.6. The highest BCUT2D eigenvalue weighted by Gasteiger charge is 2.44. The van der Waals surface area contributed by atoms with Crippen molar-refractivity contribution in [3.05, 3.63) is 0 Å². The van der Waals surface area contributed by atoms with Gasteiger partial charge in [-0.25, -0.2) is 4.79 Å². The summed E-state index contributed by atoms with van der Waals surface area (Å²) in [6.45, 7) is 18.2. The Labute approximate surface area is 247 Å². The van der Waals surface area contributed by atoms with Gasteiger partial charge in [-0.1, -0.05) is 132 Å². The summed E-state index contributed by atoms with van der Waals surface area (Å²) in [5, 5.41) is 19.4. The molecule has 0 spiro atoms. The Balaban J connectivity index is 4.60. The van der Waals surface area contributed by atoms with Crippen LogP contribution in [0.5, 0.6) is 0 Å². The third-order valence-electron chi connectivity index (χ3n) is 8.88. The molecule has 0 aromatic rings. The molecule has 0 heterocycles.